The van der Waals surface area contributed by atoms with Crippen LogP contribution >= 0.6 is 11.6 Å². The number of alkyl halides is 3. The van der Waals surface area contributed by atoms with E-state index in [0.717, 1.165) is 45.6 Å². The van der Waals surface area contributed by atoms with Gasteiger partial charge in [-0.2, -0.15) is 13.2 Å². The van der Waals surface area contributed by atoms with Gasteiger partial charge in [-0.3, -0.25) is 24.0 Å². The molecule has 0 aromatic heterocycles. The van der Waals surface area contributed by atoms with Crippen molar-refractivity contribution in [1.29, 1.82) is 0 Å². The Morgan fingerprint density at radius 1 is 0.779 bits per heavy atom. The number of hydrogen-bond acceptors (Lipinski definition) is 6. The summed E-state index contributed by atoms with van der Waals surface area (Å²) in [4.78, 5) is 75.1. The number of esters is 1. The molecule has 3 fully saturated rings. The topological polar surface area (TPSA) is 116 Å². The van der Waals surface area contributed by atoms with Crippen LogP contribution in [0.5, 0.6) is 0 Å². The van der Waals surface area contributed by atoms with Gasteiger partial charge in [-0.1, -0.05) is 163 Å². The number of hydrogen-bond donors (Lipinski definition) is 1. The number of likely N-dealkylation sites (N-methyl/N-ethyl adjacent to an activating group) is 1. The molecule has 3 aromatic carbocycles. The lowest BCUT2D eigenvalue weighted by molar-refractivity contribution is -0.192. The fraction of sp³-hybridized carbons (Fsp3) is 0.574. The maximum atomic E-state index is 14.9. The minimum atomic E-state index is -5.22. The van der Waals surface area contributed by atoms with Gasteiger partial charge in [-0.25, -0.2) is 0 Å². The zero-order valence-electron chi connectivity index (χ0n) is 40.3. The highest BCUT2D eigenvalue weighted by atomic mass is 35.5. The quantitative estimate of drug-likeness (QED) is 0.113. The highest BCUT2D eigenvalue weighted by Crippen LogP contribution is 2.45. The molecule has 1 aliphatic heterocycles. The third-order valence-corrected chi connectivity index (χ3v) is 14.8. The van der Waals surface area contributed by atoms with Gasteiger partial charge in [0.2, 0.25) is 17.7 Å². The predicted octanol–water partition coefficient (Wildman–Crippen LogP) is 10.9. The Bertz CT molecular complexity index is 2170. The molecule has 0 spiro atoms. The lowest BCUT2D eigenvalue weighted by Gasteiger charge is -2.44. The molecular weight excluding hydrogens is 893 g/mol. The van der Waals surface area contributed by atoms with Crippen LogP contribution in [0.3, 0.4) is 0 Å². The highest BCUT2D eigenvalue weighted by molar-refractivity contribution is 6.31. The second kappa shape index (κ2) is 23.6. The number of rotatable bonds is 16. The number of amides is 4. The van der Waals surface area contributed by atoms with Crippen molar-refractivity contribution in [2.75, 3.05) is 26.7 Å². The summed E-state index contributed by atoms with van der Waals surface area (Å²) >= 11 is 7.06. The summed E-state index contributed by atoms with van der Waals surface area (Å²) in [6, 6.07) is 22.0. The van der Waals surface area contributed by atoms with E-state index in [1.54, 1.807) is 37.8 Å². The van der Waals surface area contributed by atoms with Crippen molar-refractivity contribution in [2.24, 2.45) is 5.92 Å². The molecule has 68 heavy (non-hydrogen) atoms. The first-order chi connectivity index (χ1) is 32.5. The van der Waals surface area contributed by atoms with E-state index in [-0.39, 0.29) is 19.4 Å². The molecule has 2 aliphatic carbocycles. The molecule has 1 N–H and O–H groups in total. The van der Waals surface area contributed by atoms with Crippen molar-refractivity contribution in [3.8, 4) is 0 Å². The summed E-state index contributed by atoms with van der Waals surface area (Å²) in [6.07, 6.45) is 7.60. The summed E-state index contributed by atoms with van der Waals surface area (Å²) in [7, 11) is 0.997. The summed E-state index contributed by atoms with van der Waals surface area (Å²) in [5.74, 6) is -5.14. The van der Waals surface area contributed by atoms with Gasteiger partial charge in [0.25, 0.3) is 0 Å². The van der Waals surface area contributed by atoms with Gasteiger partial charge >= 0.3 is 18.1 Å². The van der Waals surface area contributed by atoms with E-state index in [9.17, 15) is 37.1 Å². The second-order valence-electron chi connectivity index (χ2n) is 19.5. The zero-order chi connectivity index (χ0) is 49.1. The van der Waals surface area contributed by atoms with Gasteiger partial charge in [-0.05, 0) is 68.4 Å². The summed E-state index contributed by atoms with van der Waals surface area (Å²) in [5.41, 5.74) is -0.450. The first kappa shape index (κ1) is 52.5. The van der Waals surface area contributed by atoms with Gasteiger partial charge in [0.05, 0.1) is 6.42 Å². The average Bonchev–Trinajstić information content (AvgIpc) is 4.06. The Morgan fingerprint density at radius 2 is 1.34 bits per heavy atom. The van der Waals surface area contributed by atoms with E-state index < -0.39 is 71.3 Å². The van der Waals surface area contributed by atoms with E-state index in [1.165, 1.54) is 42.6 Å². The molecule has 3 aromatic rings. The molecule has 3 aliphatic rings. The number of likely N-dealkylation sites (tertiary alicyclic amines) is 1. The number of carbonyl (C=O) groups is 5. The number of nitrogens with one attached hydrogen (secondary N) is 1. The monoisotopic (exact) mass is 962 g/mol. The van der Waals surface area contributed by atoms with Crippen molar-refractivity contribution in [3.63, 3.8) is 0 Å². The van der Waals surface area contributed by atoms with Crippen LogP contribution in [-0.4, -0.2) is 94.8 Å². The van der Waals surface area contributed by atoms with Crippen LogP contribution in [0.4, 0.5) is 13.2 Å². The maximum absolute atomic E-state index is 14.9. The predicted molar refractivity (Wildman–Crippen MR) is 258 cm³/mol. The van der Waals surface area contributed by atoms with Crippen LogP contribution in [0.2, 0.25) is 5.02 Å². The Balaban J connectivity index is 1.37. The van der Waals surface area contributed by atoms with Crippen LogP contribution in [0.1, 0.15) is 158 Å². The lowest BCUT2D eigenvalue weighted by Crippen LogP contribution is -2.65. The standard InChI is InChI=1S/C54H70ClF3N4O6/c1-5-34-62(50(66)52(32-18-19-33-52)60(4)51(67)54(56,57)58)47(38(2)3)48(64)59-45(49(65)61-35-20-21-36-61)37-46(63)68-53(41-24-14-11-15-25-41,43-26-16-17-27-44(43)55)42-30-28-40(29-31-42)39-22-12-9-7-6-8-10-13-23-39/h11,14-17,24-31,38-39,45,47H,5-10,12-13,18-23,32-37H2,1-4H3,(H,59,64)/t45-,47-,53?/m0/s1. The molecule has 370 valence electrons. The zero-order valence-corrected chi connectivity index (χ0v) is 41.0. The van der Waals surface area contributed by atoms with Crippen molar-refractivity contribution in [3.05, 3.63) is 106 Å². The molecule has 10 nitrogen and oxygen atoms in total. The SMILES string of the molecule is CCCN(C(=O)C1(N(C)C(=O)C(F)(F)F)CCCC1)[C@H](C(=O)N[C@@H](CC(=O)OC(c1ccccc1)(c1ccc(C2CCCCCCCCC2)cc1)c1ccccc1Cl)C(=O)N1CCCC1)C(C)C. The highest BCUT2D eigenvalue weighted by Gasteiger charge is 2.55. The number of benzene rings is 3. The van der Waals surface area contributed by atoms with E-state index in [0.29, 0.717) is 64.9 Å². The van der Waals surface area contributed by atoms with E-state index in [1.807, 2.05) is 54.6 Å². The average molecular weight is 964 g/mol. The molecule has 0 bridgehead atoms. The van der Waals surface area contributed by atoms with Gasteiger partial charge < -0.3 is 24.8 Å². The van der Waals surface area contributed by atoms with Crippen molar-refractivity contribution in [1.82, 2.24) is 20.0 Å². The minimum Gasteiger partial charge on any atom is -0.444 e. The lowest BCUT2D eigenvalue weighted by atomic mass is 9.78. The van der Waals surface area contributed by atoms with Crippen molar-refractivity contribution in [2.45, 2.75) is 165 Å². The van der Waals surface area contributed by atoms with E-state index in [4.69, 9.17) is 16.3 Å². The molecule has 4 amide bonds. The molecule has 3 atom stereocenters. The Kier molecular flexibility index (Phi) is 18.2. The first-order valence-electron chi connectivity index (χ1n) is 24.9. The molecule has 2 saturated carbocycles. The van der Waals surface area contributed by atoms with Crippen LogP contribution in [0.15, 0.2) is 78.9 Å². The first-order valence-corrected chi connectivity index (χ1v) is 25.3. The number of ether oxygens (including phenoxy) is 1. The molecule has 1 heterocycles. The smallest absolute Gasteiger partial charge is 0.444 e. The van der Waals surface area contributed by atoms with E-state index in [2.05, 4.69) is 17.4 Å². The number of halogens is 4. The second-order valence-corrected chi connectivity index (χ2v) is 19.9. The van der Waals surface area contributed by atoms with Gasteiger partial charge in [0, 0.05) is 48.4 Å². The van der Waals surface area contributed by atoms with Crippen molar-refractivity contribution >= 4 is 41.2 Å². The molecule has 1 unspecified atom stereocenters. The van der Waals surface area contributed by atoms with Gasteiger partial charge in [0.15, 0.2) is 5.60 Å². The Labute approximate surface area is 405 Å². The van der Waals surface area contributed by atoms with E-state index >= 15 is 0 Å². The number of carbonyl (C=O) groups excluding carboxylic acids is 5. The molecule has 1 saturated heterocycles. The van der Waals surface area contributed by atoms with Gasteiger partial charge in [-0.15, -0.1) is 0 Å². The van der Waals surface area contributed by atoms with Crippen LogP contribution in [0.25, 0.3) is 0 Å². The van der Waals surface area contributed by atoms with Crippen LogP contribution in [0, 0.1) is 5.92 Å². The normalized spacial score (nSPS) is 18.8. The minimum absolute atomic E-state index is 0.00336. The third-order valence-electron chi connectivity index (χ3n) is 14.5. The largest absolute Gasteiger partial charge is 0.471 e. The Hall–Kier alpha value is -4.91. The number of nitrogens with zero attached hydrogens (tertiary/aromatic N) is 3. The summed E-state index contributed by atoms with van der Waals surface area (Å²) in [5, 5.41) is 3.19. The van der Waals surface area contributed by atoms with Crippen LogP contribution in [-0.2, 0) is 34.3 Å². The fourth-order valence-electron chi connectivity index (χ4n) is 10.9. The third kappa shape index (κ3) is 11.9. The van der Waals surface area contributed by atoms with Crippen molar-refractivity contribution < 1.29 is 41.9 Å². The molecule has 0 radical (unpaired) electrons. The molecular formula is C54H70ClF3N4O6. The molecule has 6 rings (SSSR count). The summed E-state index contributed by atoms with van der Waals surface area (Å²) < 4.78 is 48.5. The molecule has 14 heteroatoms. The van der Waals surface area contributed by atoms with Gasteiger partial charge in [0.1, 0.15) is 17.6 Å². The Morgan fingerprint density at radius 3 is 1.90 bits per heavy atom. The summed E-state index contributed by atoms with van der Waals surface area (Å²) in [6.45, 7) is 6.02. The maximum Gasteiger partial charge on any atom is 0.471 e. The fourth-order valence-corrected chi connectivity index (χ4v) is 11.2. The van der Waals surface area contributed by atoms with Crippen LogP contribution < -0.4 is 5.32 Å².